The van der Waals surface area contributed by atoms with Crippen molar-refractivity contribution in [2.45, 2.75) is 52.1 Å². The first-order chi connectivity index (χ1) is 17.8. The third-order valence-electron chi connectivity index (χ3n) is 6.52. The summed E-state index contributed by atoms with van der Waals surface area (Å²) in [4.78, 5) is 30.8. The molecule has 190 valence electrons. The van der Waals surface area contributed by atoms with Gasteiger partial charge < -0.3 is 4.74 Å². The number of hydrogen-bond acceptors (Lipinski definition) is 6. The number of rotatable bonds is 6. The Bertz CT molecular complexity index is 1540. The maximum atomic E-state index is 13.9. The molecular formula is C27H24ClF2N5O2. The Labute approximate surface area is 217 Å². The second kappa shape index (κ2) is 10.3. The third kappa shape index (κ3) is 5.09. The Morgan fingerprint density at radius 1 is 1.05 bits per heavy atom. The minimum absolute atomic E-state index is 0.0786. The summed E-state index contributed by atoms with van der Waals surface area (Å²) in [6.45, 7) is 3.27. The van der Waals surface area contributed by atoms with Gasteiger partial charge in [0.05, 0.1) is 23.3 Å². The molecule has 7 nitrogen and oxygen atoms in total. The average molecular weight is 524 g/mol. The molecule has 4 aromatic heterocycles. The number of nitrogens with zero attached hydrogens (tertiary/aromatic N) is 5. The second-order valence-corrected chi connectivity index (χ2v) is 9.49. The molecule has 0 aliphatic heterocycles. The van der Waals surface area contributed by atoms with Crippen LogP contribution in [0.25, 0.3) is 17.1 Å². The van der Waals surface area contributed by atoms with Gasteiger partial charge in [0, 0.05) is 36.1 Å². The van der Waals surface area contributed by atoms with Crippen LogP contribution < -0.4 is 10.3 Å². The molecule has 0 N–H and O–H groups in total. The van der Waals surface area contributed by atoms with E-state index < -0.39 is 17.2 Å². The number of aryl methyl sites for hydroxylation is 2. The highest BCUT2D eigenvalue weighted by atomic mass is 35.5. The largest absolute Gasteiger partial charge is 0.485 e. The zero-order chi connectivity index (χ0) is 26.1. The lowest BCUT2D eigenvalue weighted by atomic mass is 10.1. The maximum absolute atomic E-state index is 13.9. The quantitative estimate of drug-likeness (QED) is 0.314. The first kappa shape index (κ1) is 25.0. The van der Waals surface area contributed by atoms with E-state index in [4.69, 9.17) is 21.3 Å². The molecule has 0 unspecified atom stereocenters. The van der Waals surface area contributed by atoms with E-state index >= 15 is 0 Å². The highest BCUT2D eigenvalue weighted by Crippen LogP contribution is 2.33. The van der Waals surface area contributed by atoms with E-state index in [1.807, 2.05) is 13.0 Å². The Kier molecular flexibility index (Phi) is 6.97. The van der Waals surface area contributed by atoms with Crippen LogP contribution in [-0.4, -0.2) is 24.5 Å². The molecule has 0 radical (unpaired) electrons. The molecule has 4 heterocycles. The first-order valence-electron chi connectivity index (χ1n) is 12.0. The predicted molar refractivity (Wildman–Crippen MR) is 135 cm³/mol. The molecule has 5 rings (SSSR count). The van der Waals surface area contributed by atoms with Gasteiger partial charge in [0.1, 0.15) is 34.7 Å². The van der Waals surface area contributed by atoms with E-state index in [1.54, 1.807) is 31.5 Å². The summed E-state index contributed by atoms with van der Waals surface area (Å²) in [7, 11) is 0. The highest BCUT2D eigenvalue weighted by molar-refractivity contribution is 6.31. The number of pyridine rings is 3. The molecule has 1 aliphatic carbocycles. The molecule has 1 fully saturated rings. The monoisotopic (exact) mass is 523 g/mol. The van der Waals surface area contributed by atoms with Crippen molar-refractivity contribution in [3.05, 3.63) is 92.6 Å². The van der Waals surface area contributed by atoms with Gasteiger partial charge in [0.15, 0.2) is 5.82 Å². The molecule has 0 aromatic carbocycles. The van der Waals surface area contributed by atoms with Gasteiger partial charge in [-0.3, -0.25) is 19.3 Å². The summed E-state index contributed by atoms with van der Waals surface area (Å²) in [6, 6.07) is 5.92. The fraction of sp³-hybridized carbons (Fsp3) is 0.296. The predicted octanol–water partition coefficient (Wildman–Crippen LogP) is 5.87. The number of ether oxygens (including phenoxy) is 1. The fourth-order valence-corrected chi connectivity index (χ4v) is 4.77. The van der Waals surface area contributed by atoms with Crippen LogP contribution in [0.3, 0.4) is 0 Å². The van der Waals surface area contributed by atoms with Crippen LogP contribution >= 0.6 is 11.6 Å². The molecule has 0 atom stereocenters. The SMILES string of the molecule is Cc1cnc(-c2ccnc(C3CCCC3)n2)cc1-n1c(C)cc(OCc2ncc(F)cc2F)c(Cl)c1=O. The molecular weight excluding hydrogens is 500 g/mol. The van der Waals surface area contributed by atoms with Crippen molar-refractivity contribution in [1.82, 2.24) is 24.5 Å². The van der Waals surface area contributed by atoms with Gasteiger partial charge in [0.2, 0.25) is 0 Å². The second-order valence-electron chi connectivity index (χ2n) is 9.11. The highest BCUT2D eigenvalue weighted by Gasteiger charge is 2.21. The third-order valence-corrected chi connectivity index (χ3v) is 6.87. The van der Waals surface area contributed by atoms with Crippen molar-refractivity contribution in [2.75, 3.05) is 0 Å². The van der Waals surface area contributed by atoms with Gasteiger partial charge in [-0.25, -0.2) is 18.7 Å². The summed E-state index contributed by atoms with van der Waals surface area (Å²) in [5, 5.41) is -0.170. The van der Waals surface area contributed by atoms with E-state index in [0.717, 1.165) is 30.4 Å². The van der Waals surface area contributed by atoms with Crippen molar-refractivity contribution in [1.29, 1.82) is 0 Å². The molecule has 0 saturated heterocycles. The molecule has 1 aliphatic rings. The average Bonchev–Trinajstić information content (AvgIpc) is 3.43. The zero-order valence-electron chi connectivity index (χ0n) is 20.3. The van der Waals surface area contributed by atoms with Gasteiger partial charge in [-0.2, -0.15) is 0 Å². The van der Waals surface area contributed by atoms with Crippen LogP contribution in [0.2, 0.25) is 5.02 Å². The van der Waals surface area contributed by atoms with Crippen LogP contribution in [-0.2, 0) is 6.61 Å². The van der Waals surface area contributed by atoms with Crippen LogP contribution in [0.1, 0.15) is 54.4 Å². The van der Waals surface area contributed by atoms with Crippen molar-refractivity contribution >= 4 is 11.6 Å². The minimum atomic E-state index is -0.845. The van der Waals surface area contributed by atoms with Crippen molar-refractivity contribution < 1.29 is 13.5 Å². The van der Waals surface area contributed by atoms with Gasteiger partial charge in [-0.15, -0.1) is 0 Å². The van der Waals surface area contributed by atoms with Gasteiger partial charge in [-0.1, -0.05) is 24.4 Å². The zero-order valence-corrected chi connectivity index (χ0v) is 21.1. The number of aromatic nitrogens is 5. The van der Waals surface area contributed by atoms with Crippen molar-refractivity contribution in [3.8, 4) is 22.8 Å². The van der Waals surface area contributed by atoms with Crippen molar-refractivity contribution in [2.24, 2.45) is 0 Å². The Morgan fingerprint density at radius 2 is 1.84 bits per heavy atom. The molecule has 37 heavy (non-hydrogen) atoms. The molecule has 4 aromatic rings. The van der Waals surface area contributed by atoms with E-state index in [-0.39, 0.29) is 23.1 Å². The summed E-state index contributed by atoms with van der Waals surface area (Å²) in [5.41, 5.74) is 2.61. The lowest BCUT2D eigenvalue weighted by Crippen LogP contribution is -2.23. The lowest BCUT2D eigenvalue weighted by molar-refractivity contribution is 0.292. The molecule has 0 bridgehead atoms. The topological polar surface area (TPSA) is 82.8 Å². The summed E-state index contributed by atoms with van der Waals surface area (Å²) in [5.74, 6) is -0.373. The minimum Gasteiger partial charge on any atom is -0.485 e. The molecule has 0 amide bonds. The number of hydrogen-bond donors (Lipinski definition) is 0. The van der Waals surface area contributed by atoms with Gasteiger partial charge >= 0.3 is 0 Å². The standard InChI is InChI=1S/C27H24ClF2N5O2/c1-15-12-32-21(20-7-8-31-26(34-20)17-5-3-4-6-17)11-23(15)35-16(2)9-24(25(28)27(35)36)37-14-22-19(30)10-18(29)13-33-22/h7-13,17H,3-6,14H2,1-2H3. The van der Waals surface area contributed by atoms with E-state index in [2.05, 4.69) is 15.0 Å². The Morgan fingerprint density at radius 3 is 2.59 bits per heavy atom. The van der Waals surface area contributed by atoms with E-state index in [1.165, 1.54) is 17.4 Å². The van der Waals surface area contributed by atoms with Crippen LogP contribution in [0, 0.1) is 25.5 Å². The smallest absolute Gasteiger partial charge is 0.277 e. The molecule has 10 heteroatoms. The van der Waals surface area contributed by atoms with E-state index in [9.17, 15) is 13.6 Å². The van der Waals surface area contributed by atoms with Gasteiger partial charge in [0.25, 0.3) is 5.56 Å². The fourth-order valence-electron chi connectivity index (χ4n) is 4.57. The van der Waals surface area contributed by atoms with Crippen LogP contribution in [0.15, 0.2) is 47.7 Å². The van der Waals surface area contributed by atoms with E-state index in [0.29, 0.717) is 34.8 Å². The summed E-state index contributed by atoms with van der Waals surface area (Å²) >= 11 is 6.39. The number of halogens is 3. The Hall–Kier alpha value is -3.72. The Balaban J connectivity index is 1.48. The summed E-state index contributed by atoms with van der Waals surface area (Å²) in [6.07, 6.45) is 8.87. The van der Waals surface area contributed by atoms with Crippen LogP contribution in [0.4, 0.5) is 8.78 Å². The van der Waals surface area contributed by atoms with Crippen LogP contribution in [0.5, 0.6) is 5.75 Å². The molecule has 1 saturated carbocycles. The summed E-state index contributed by atoms with van der Waals surface area (Å²) < 4.78 is 34.1. The first-order valence-corrected chi connectivity index (χ1v) is 12.3. The lowest BCUT2D eigenvalue weighted by Gasteiger charge is -2.17. The maximum Gasteiger partial charge on any atom is 0.277 e. The van der Waals surface area contributed by atoms with Gasteiger partial charge in [-0.05, 0) is 44.4 Å². The van der Waals surface area contributed by atoms with Crippen molar-refractivity contribution in [3.63, 3.8) is 0 Å². The molecule has 0 spiro atoms. The normalized spacial score (nSPS) is 13.8.